The third-order valence-corrected chi connectivity index (χ3v) is 9.69. The van der Waals surface area contributed by atoms with Crippen LogP contribution in [0.1, 0.15) is 47.9 Å². The summed E-state index contributed by atoms with van der Waals surface area (Å²) in [7, 11) is 0. The summed E-state index contributed by atoms with van der Waals surface area (Å²) < 4.78 is 0. The second-order valence-corrected chi connectivity index (χ2v) is 12.8. The lowest BCUT2D eigenvalue weighted by Crippen LogP contribution is -2.27. The van der Waals surface area contributed by atoms with Gasteiger partial charge in [-0.15, -0.1) is 12.4 Å². The molecule has 3 aliphatic rings. The van der Waals surface area contributed by atoms with Crippen molar-refractivity contribution in [1.82, 2.24) is 4.90 Å². The fourth-order valence-corrected chi connectivity index (χ4v) is 7.43. The number of likely N-dealkylation sites (tertiary alicyclic amines) is 1. The van der Waals surface area contributed by atoms with E-state index < -0.39 is 5.97 Å². The normalized spacial score (nSPS) is 16.7. The Bertz CT molecular complexity index is 1520. The molecule has 0 bridgehead atoms. The van der Waals surface area contributed by atoms with E-state index in [1.54, 1.807) is 0 Å². The maximum atomic E-state index is 10.9. The number of benzene rings is 4. The number of hydrogen-bond acceptors (Lipinski definition) is 5. The SMILES string of the molecule is Cl.O=C(O)CC1CCN(CCCN2c3ccccc3CCc3ccccc32)C1.OCCCN1c2ccccc2CCc2ccccc21. The molecule has 1 fully saturated rings. The van der Waals surface area contributed by atoms with Crippen LogP contribution < -0.4 is 9.80 Å². The van der Waals surface area contributed by atoms with Gasteiger partial charge < -0.3 is 24.9 Å². The smallest absolute Gasteiger partial charge is 0.303 e. The van der Waals surface area contributed by atoms with Gasteiger partial charge in [0.15, 0.2) is 0 Å². The van der Waals surface area contributed by atoms with Crippen molar-refractivity contribution in [2.24, 2.45) is 5.92 Å². The van der Waals surface area contributed by atoms with Crippen LogP contribution in [0.25, 0.3) is 0 Å². The predicted molar refractivity (Wildman–Crippen MR) is 195 cm³/mol. The first kappa shape index (κ1) is 34.5. The standard InChI is InChI=1S/C23H28N2O2.C17H19NO.ClH/c26-23(27)16-18-12-15-24(17-18)13-5-14-25-21-8-3-1-6-19(21)10-11-20-7-2-4-9-22(20)25;19-13-5-12-18-16-8-3-1-6-14(16)10-11-15-7-2-4-9-17(15)18;/h1-4,6-9,18H,5,10-17H2,(H,26,27);1-4,6-9,19H,5,10-13H2;1H. The summed E-state index contributed by atoms with van der Waals surface area (Å²) in [4.78, 5) is 18.2. The molecule has 4 aromatic rings. The summed E-state index contributed by atoms with van der Waals surface area (Å²) in [5.41, 5.74) is 10.9. The zero-order valence-corrected chi connectivity index (χ0v) is 28.1. The Labute approximate surface area is 286 Å². The van der Waals surface area contributed by atoms with Gasteiger partial charge in [0.2, 0.25) is 0 Å². The van der Waals surface area contributed by atoms with E-state index in [4.69, 9.17) is 10.2 Å². The van der Waals surface area contributed by atoms with Gasteiger partial charge in [0.25, 0.3) is 0 Å². The van der Waals surface area contributed by atoms with E-state index in [0.717, 1.165) is 77.7 Å². The van der Waals surface area contributed by atoms with Gasteiger partial charge in [-0.25, -0.2) is 0 Å². The molecule has 3 aliphatic heterocycles. The van der Waals surface area contributed by atoms with Crippen LogP contribution in [0.4, 0.5) is 22.7 Å². The maximum Gasteiger partial charge on any atom is 0.303 e. The molecule has 0 saturated carbocycles. The first-order valence-corrected chi connectivity index (χ1v) is 17.0. The van der Waals surface area contributed by atoms with E-state index in [0.29, 0.717) is 12.3 Å². The molecular weight excluding hydrogens is 606 g/mol. The van der Waals surface area contributed by atoms with Crippen LogP contribution in [0.15, 0.2) is 97.1 Å². The van der Waals surface area contributed by atoms with E-state index in [1.165, 1.54) is 45.0 Å². The van der Waals surface area contributed by atoms with Crippen molar-refractivity contribution in [2.45, 2.75) is 51.4 Å². The van der Waals surface area contributed by atoms with Gasteiger partial charge in [0.1, 0.15) is 0 Å². The Hall–Kier alpha value is -3.84. The minimum Gasteiger partial charge on any atom is -0.481 e. The van der Waals surface area contributed by atoms with Crippen molar-refractivity contribution in [1.29, 1.82) is 0 Å². The Morgan fingerprint density at radius 3 is 1.43 bits per heavy atom. The van der Waals surface area contributed by atoms with E-state index >= 15 is 0 Å². The number of carboxylic acids is 1. The fourth-order valence-electron chi connectivity index (χ4n) is 7.43. The number of aliphatic hydroxyl groups excluding tert-OH is 1. The zero-order valence-electron chi connectivity index (χ0n) is 27.3. The summed E-state index contributed by atoms with van der Waals surface area (Å²) >= 11 is 0. The Kier molecular flexibility index (Phi) is 12.3. The number of para-hydroxylation sites is 4. The number of carbonyl (C=O) groups is 1. The first-order chi connectivity index (χ1) is 22.6. The van der Waals surface area contributed by atoms with E-state index in [-0.39, 0.29) is 19.0 Å². The van der Waals surface area contributed by atoms with Crippen molar-refractivity contribution in [2.75, 3.05) is 49.1 Å². The summed E-state index contributed by atoms with van der Waals surface area (Å²) in [6.45, 7) is 5.10. The molecule has 47 heavy (non-hydrogen) atoms. The lowest BCUT2D eigenvalue weighted by molar-refractivity contribution is -0.138. The van der Waals surface area contributed by atoms with Gasteiger partial charge in [-0.3, -0.25) is 4.79 Å². The number of nitrogens with zero attached hydrogens (tertiary/aromatic N) is 3. The van der Waals surface area contributed by atoms with Gasteiger partial charge in [0.05, 0.1) is 0 Å². The molecule has 7 heteroatoms. The van der Waals surface area contributed by atoms with Crippen LogP contribution in [0, 0.1) is 5.92 Å². The van der Waals surface area contributed by atoms with Crippen molar-refractivity contribution in [3.63, 3.8) is 0 Å². The molecule has 3 heterocycles. The number of aliphatic carboxylic acids is 1. The summed E-state index contributed by atoms with van der Waals surface area (Å²) in [5, 5.41) is 18.1. The lowest BCUT2D eigenvalue weighted by Gasteiger charge is -2.28. The molecule has 6 nitrogen and oxygen atoms in total. The second-order valence-electron chi connectivity index (χ2n) is 12.8. The highest BCUT2D eigenvalue weighted by molar-refractivity contribution is 5.85. The number of fused-ring (bicyclic) bond motifs is 4. The number of aryl methyl sites for hydroxylation is 4. The molecule has 0 aliphatic carbocycles. The second kappa shape index (κ2) is 16.8. The summed E-state index contributed by atoms with van der Waals surface area (Å²) in [5.74, 6) is -0.346. The highest BCUT2D eigenvalue weighted by Crippen LogP contribution is 2.37. The molecule has 4 aromatic carbocycles. The number of carboxylic acid groups (broad SMARTS) is 1. The topological polar surface area (TPSA) is 67.2 Å². The summed E-state index contributed by atoms with van der Waals surface area (Å²) in [6.07, 6.45) is 7.56. The summed E-state index contributed by atoms with van der Waals surface area (Å²) in [6, 6.07) is 34.8. The highest BCUT2D eigenvalue weighted by Gasteiger charge is 2.25. The molecule has 2 N–H and O–H groups in total. The molecule has 248 valence electrons. The molecule has 7 rings (SSSR count). The molecule has 1 saturated heterocycles. The Balaban J connectivity index is 0.000000191. The molecular formula is C40H48ClN3O3. The quantitative estimate of drug-likeness (QED) is 0.192. The number of rotatable bonds is 9. The Morgan fingerprint density at radius 1 is 0.617 bits per heavy atom. The van der Waals surface area contributed by atoms with Crippen LogP contribution >= 0.6 is 12.4 Å². The minimum atomic E-state index is -0.667. The van der Waals surface area contributed by atoms with E-state index in [1.807, 2.05) is 0 Å². The molecule has 0 aromatic heterocycles. The van der Waals surface area contributed by atoms with Gasteiger partial charge >= 0.3 is 5.97 Å². The number of halogens is 1. The van der Waals surface area contributed by atoms with Gasteiger partial charge in [-0.2, -0.15) is 0 Å². The van der Waals surface area contributed by atoms with Crippen molar-refractivity contribution < 1.29 is 15.0 Å². The van der Waals surface area contributed by atoms with Crippen LogP contribution in [0.3, 0.4) is 0 Å². The van der Waals surface area contributed by atoms with Crippen LogP contribution in [-0.2, 0) is 30.5 Å². The molecule has 1 atom stereocenters. The molecule has 0 amide bonds. The zero-order chi connectivity index (χ0) is 31.7. The van der Waals surface area contributed by atoms with Crippen LogP contribution in [0.5, 0.6) is 0 Å². The highest BCUT2D eigenvalue weighted by atomic mass is 35.5. The Morgan fingerprint density at radius 2 is 1.02 bits per heavy atom. The van der Waals surface area contributed by atoms with Gasteiger partial charge in [-0.05, 0) is 110 Å². The van der Waals surface area contributed by atoms with Crippen molar-refractivity contribution in [3.8, 4) is 0 Å². The van der Waals surface area contributed by atoms with Crippen LogP contribution in [0.2, 0.25) is 0 Å². The molecule has 0 spiro atoms. The number of anilines is 4. The maximum absolute atomic E-state index is 10.9. The number of hydrogen-bond donors (Lipinski definition) is 2. The monoisotopic (exact) mass is 653 g/mol. The van der Waals surface area contributed by atoms with Gasteiger partial charge in [-0.1, -0.05) is 72.8 Å². The predicted octanol–water partition coefficient (Wildman–Crippen LogP) is 7.84. The van der Waals surface area contributed by atoms with Crippen molar-refractivity contribution in [3.05, 3.63) is 119 Å². The third kappa shape index (κ3) is 8.55. The molecule has 0 radical (unpaired) electrons. The van der Waals surface area contributed by atoms with E-state index in [2.05, 4.69) is 112 Å². The fraction of sp³-hybridized carbons (Fsp3) is 0.375. The molecule has 1 unspecified atom stereocenters. The van der Waals surface area contributed by atoms with Gasteiger partial charge in [0, 0.05) is 55.4 Å². The third-order valence-electron chi connectivity index (χ3n) is 9.69. The van der Waals surface area contributed by atoms with Crippen LogP contribution in [-0.4, -0.2) is 60.4 Å². The number of aliphatic hydroxyl groups is 1. The van der Waals surface area contributed by atoms with E-state index in [9.17, 15) is 4.79 Å². The van der Waals surface area contributed by atoms with Crippen molar-refractivity contribution >= 4 is 41.1 Å². The minimum absolute atomic E-state index is 0. The first-order valence-electron chi connectivity index (χ1n) is 17.0. The average Bonchev–Trinajstić information content (AvgIpc) is 3.37. The lowest BCUT2D eigenvalue weighted by atomic mass is 10.0. The average molecular weight is 654 g/mol. The largest absolute Gasteiger partial charge is 0.481 e.